The van der Waals surface area contributed by atoms with E-state index in [4.69, 9.17) is 9.47 Å². The first-order chi connectivity index (χ1) is 10.8. The molecule has 0 heterocycles. The van der Waals surface area contributed by atoms with Gasteiger partial charge in [0, 0.05) is 6.42 Å². The van der Waals surface area contributed by atoms with Gasteiger partial charge in [-0.15, -0.1) is 0 Å². The summed E-state index contributed by atoms with van der Waals surface area (Å²) in [5.41, 5.74) is 0.528. The number of nitrogens with one attached hydrogen (secondary N) is 1. The van der Waals surface area contributed by atoms with Gasteiger partial charge in [0.05, 0.1) is 13.7 Å². The van der Waals surface area contributed by atoms with Crippen molar-refractivity contribution < 1.29 is 23.8 Å². The van der Waals surface area contributed by atoms with Crippen LogP contribution in [0.25, 0.3) is 0 Å². The van der Waals surface area contributed by atoms with E-state index in [2.05, 4.69) is 10.1 Å². The lowest BCUT2D eigenvalue weighted by molar-refractivity contribution is -0.140. The molecule has 0 atom stereocenters. The minimum absolute atomic E-state index is 0.224. The number of rotatable bonds is 7. The van der Waals surface area contributed by atoms with Crippen molar-refractivity contribution in [3.63, 3.8) is 0 Å². The van der Waals surface area contributed by atoms with Crippen LogP contribution in [-0.4, -0.2) is 37.9 Å². The van der Waals surface area contributed by atoms with Gasteiger partial charge in [-0.25, -0.2) is 4.79 Å². The summed E-state index contributed by atoms with van der Waals surface area (Å²) in [6.07, 6.45) is 0.531. The van der Waals surface area contributed by atoms with E-state index in [1.807, 2.05) is 45.0 Å². The summed E-state index contributed by atoms with van der Waals surface area (Å²) in [4.78, 5) is 22.5. The van der Waals surface area contributed by atoms with E-state index in [1.165, 1.54) is 7.11 Å². The van der Waals surface area contributed by atoms with E-state index in [0.29, 0.717) is 31.7 Å². The maximum Gasteiger partial charge on any atom is 0.407 e. The Hall–Kier alpha value is -2.24. The quantitative estimate of drug-likeness (QED) is 0.617. The zero-order valence-corrected chi connectivity index (χ0v) is 14.2. The summed E-state index contributed by atoms with van der Waals surface area (Å²) in [6, 6.07) is 7.47. The SMILES string of the molecule is COC(=O)CCc1ccc(OCCNC(=O)OC(C)(C)C)cc1. The van der Waals surface area contributed by atoms with Crippen LogP contribution in [0, 0.1) is 0 Å². The van der Waals surface area contributed by atoms with Gasteiger partial charge in [0.2, 0.25) is 0 Å². The number of esters is 1. The Morgan fingerprint density at radius 2 is 1.78 bits per heavy atom. The maximum absolute atomic E-state index is 11.4. The van der Waals surface area contributed by atoms with Crippen LogP contribution in [-0.2, 0) is 20.7 Å². The molecule has 0 saturated heterocycles. The second-order valence-electron chi connectivity index (χ2n) is 6.00. The lowest BCUT2D eigenvalue weighted by Crippen LogP contribution is -2.34. The number of alkyl carbamates (subject to hydrolysis) is 1. The third-order valence-corrected chi connectivity index (χ3v) is 2.81. The zero-order chi connectivity index (χ0) is 17.3. The lowest BCUT2D eigenvalue weighted by Gasteiger charge is -2.19. The normalized spacial score (nSPS) is 10.8. The molecule has 1 amide bonds. The number of methoxy groups -OCH3 is 1. The second kappa shape index (κ2) is 9.02. The summed E-state index contributed by atoms with van der Waals surface area (Å²) in [5.74, 6) is 0.483. The summed E-state index contributed by atoms with van der Waals surface area (Å²) in [7, 11) is 1.38. The van der Waals surface area contributed by atoms with Crippen molar-refractivity contribution in [1.29, 1.82) is 0 Å². The van der Waals surface area contributed by atoms with Crippen LogP contribution in [0.5, 0.6) is 5.75 Å². The van der Waals surface area contributed by atoms with E-state index in [-0.39, 0.29) is 5.97 Å². The molecule has 23 heavy (non-hydrogen) atoms. The number of amides is 1. The first kappa shape index (κ1) is 18.8. The third kappa shape index (κ3) is 8.70. The Bertz CT molecular complexity index is 505. The van der Waals surface area contributed by atoms with Gasteiger partial charge >= 0.3 is 12.1 Å². The van der Waals surface area contributed by atoms with Gasteiger partial charge in [-0.2, -0.15) is 0 Å². The highest BCUT2D eigenvalue weighted by molar-refractivity contribution is 5.69. The topological polar surface area (TPSA) is 73.9 Å². The standard InChI is InChI=1S/C17H25NO5/c1-17(2,3)23-16(20)18-11-12-22-14-8-5-13(6-9-14)7-10-15(19)21-4/h5-6,8-9H,7,10-12H2,1-4H3,(H,18,20). The third-order valence-electron chi connectivity index (χ3n) is 2.81. The highest BCUT2D eigenvalue weighted by Gasteiger charge is 2.15. The fourth-order valence-corrected chi connectivity index (χ4v) is 1.74. The molecule has 0 bridgehead atoms. The van der Waals surface area contributed by atoms with Crippen LogP contribution in [0.15, 0.2) is 24.3 Å². The maximum atomic E-state index is 11.4. The molecule has 0 aliphatic heterocycles. The second-order valence-corrected chi connectivity index (χ2v) is 6.00. The van der Waals surface area contributed by atoms with Crippen LogP contribution >= 0.6 is 0 Å². The van der Waals surface area contributed by atoms with Crippen molar-refractivity contribution in [3.05, 3.63) is 29.8 Å². The number of hydrogen-bond acceptors (Lipinski definition) is 5. The van der Waals surface area contributed by atoms with Crippen molar-refractivity contribution in [2.24, 2.45) is 0 Å². The summed E-state index contributed by atoms with van der Waals surface area (Å²) in [6.45, 7) is 6.14. The number of aryl methyl sites for hydroxylation is 1. The van der Waals surface area contributed by atoms with E-state index >= 15 is 0 Å². The molecule has 0 unspecified atom stereocenters. The van der Waals surface area contributed by atoms with Crippen molar-refractivity contribution in [2.45, 2.75) is 39.2 Å². The average Bonchev–Trinajstić information content (AvgIpc) is 2.48. The van der Waals surface area contributed by atoms with Crippen LogP contribution in [0.3, 0.4) is 0 Å². The monoisotopic (exact) mass is 323 g/mol. The number of benzene rings is 1. The molecule has 1 rings (SSSR count). The molecule has 1 aromatic rings. The van der Waals surface area contributed by atoms with E-state index in [0.717, 1.165) is 5.56 Å². The van der Waals surface area contributed by atoms with Crippen LogP contribution in [0.1, 0.15) is 32.8 Å². The van der Waals surface area contributed by atoms with Crippen LogP contribution in [0.2, 0.25) is 0 Å². The molecule has 128 valence electrons. The molecule has 0 spiro atoms. The summed E-state index contributed by atoms with van der Waals surface area (Å²) in [5, 5.41) is 2.62. The number of hydrogen-bond donors (Lipinski definition) is 1. The molecule has 6 heteroatoms. The van der Waals surface area contributed by atoms with E-state index in [9.17, 15) is 9.59 Å². The Morgan fingerprint density at radius 3 is 2.35 bits per heavy atom. The van der Waals surface area contributed by atoms with Crippen molar-refractivity contribution in [2.75, 3.05) is 20.3 Å². The molecule has 0 aliphatic rings. The van der Waals surface area contributed by atoms with Crippen molar-refractivity contribution in [3.8, 4) is 5.75 Å². The van der Waals surface area contributed by atoms with Gasteiger partial charge in [-0.05, 0) is 44.9 Å². The summed E-state index contributed by atoms with van der Waals surface area (Å²) >= 11 is 0. The number of carbonyl (C=O) groups is 2. The molecular formula is C17H25NO5. The predicted octanol–water partition coefficient (Wildman–Crippen LogP) is 2.70. The Kier molecular flexibility index (Phi) is 7.38. The Labute approximate surface area is 137 Å². The van der Waals surface area contributed by atoms with Crippen molar-refractivity contribution >= 4 is 12.1 Å². The first-order valence-corrected chi connectivity index (χ1v) is 7.55. The van der Waals surface area contributed by atoms with Crippen molar-refractivity contribution in [1.82, 2.24) is 5.32 Å². The Balaban J connectivity index is 2.25. The van der Waals surface area contributed by atoms with E-state index < -0.39 is 11.7 Å². The first-order valence-electron chi connectivity index (χ1n) is 7.55. The highest BCUT2D eigenvalue weighted by atomic mass is 16.6. The van der Waals surface area contributed by atoms with Gasteiger partial charge in [0.25, 0.3) is 0 Å². The Morgan fingerprint density at radius 1 is 1.13 bits per heavy atom. The van der Waals surface area contributed by atoms with Gasteiger partial charge in [0.15, 0.2) is 0 Å². The minimum atomic E-state index is -0.509. The predicted molar refractivity (Wildman–Crippen MR) is 86.5 cm³/mol. The van der Waals surface area contributed by atoms with Gasteiger partial charge in [-0.1, -0.05) is 12.1 Å². The van der Waals surface area contributed by atoms with Gasteiger partial charge in [0.1, 0.15) is 18.0 Å². The van der Waals surface area contributed by atoms with Gasteiger partial charge < -0.3 is 19.5 Å². The summed E-state index contributed by atoms with van der Waals surface area (Å²) < 4.78 is 15.2. The lowest BCUT2D eigenvalue weighted by atomic mass is 10.1. The molecule has 0 aliphatic carbocycles. The largest absolute Gasteiger partial charge is 0.492 e. The molecule has 6 nitrogen and oxygen atoms in total. The zero-order valence-electron chi connectivity index (χ0n) is 14.2. The molecular weight excluding hydrogens is 298 g/mol. The molecule has 1 aromatic carbocycles. The average molecular weight is 323 g/mol. The molecule has 0 radical (unpaired) electrons. The number of carbonyl (C=O) groups excluding carboxylic acids is 2. The fraction of sp³-hybridized carbons (Fsp3) is 0.529. The van der Waals surface area contributed by atoms with Crippen LogP contribution in [0.4, 0.5) is 4.79 Å². The minimum Gasteiger partial charge on any atom is -0.492 e. The molecule has 0 saturated carbocycles. The molecule has 0 aromatic heterocycles. The molecule has 1 N–H and O–H groups in total. The molecule has 0 fully saturated rings. The highest BCUT2D eigenvalue weighted by Crippen LogP contribution is 2.13. The fourth-order valence-electron chi connectivity index (χ4n) is 1.74. The van der Waals surface area contributed by atoms with Gasteiger partial charge in [-0.3, -0.25) is 4.79 Å². The van der Waals surface area contributed by atoms with Crippen LogP contribution < -0.4 is 10.1 Å². The number of ether oxygens (including phenoxy) is 3. The smallest absolute Gasteiger partial charge is 0.407 e. The van der Waals surface area contributed by atoms with E-state index in [1.54, 1.807) is 0 Å².